The van der Waals surface area contributed by atoms with Crippen molar-refractivity contribution >= 4 is 17.5 Å². The summed E-state index contributed by atoms with van der Waals surface area (Å²) in [5.41, 5.74) is 5.10. The number of aryl methyl sites for hydroxylation is 2. The molecule has 0 aromatic heterocycles. The van der Waals surface area contributed by atoms with E-state index in [1.165, 1.54) is 5.56 Å². The Morgan fingerprint density at radius 2 is 1.71 bits per heavy atom. The van der Waals surface area contributed by atoms with Crippen molar-refractivity contribution in [1.29, 1.82) is 0 Å². The molecule has 3 rings (SSSR count). The van der Waals surface area contributed by atoms with Gasteiger partial charge in [0.15, 0.2) is 0 Å². The van der Waals surface area contributed by atoms with Crippen LogP contribution in [-0.4, -0.2) is 6.09 Å². The van der Waals surface area contributed by atoms with Gasteiger partial charge in [0.05, 0.1) is 12.2 Å². The fraction of sp³-hybridized carbons (Fsp3) is 0.167. The molecule has 0 bridgehead atoms. The smallest absolute Gasteiger partial charge is 0.410 e. The number of amides is 1. The van der Waals surface area contributed by atoms with E-state index in [-0.39, 0.29) is 6.09 Å². The molecule has 21 heavy (non-hydrogen) atoms. The van der Waals surface area contributed by atoms with Crippen molar-refractivity contribution in [3.05, 3.63) is 71.3 Å². The standard InChI is InChI=1S/C18H17NO2/c1-12-4-7-15(8-5-12)11-19-17-9-6-13(2)10-16(17)14(3)21-18(19)20/h4-10H,3,11H2,1-2H3. The van der Waals surface area contributed by atoms with E-state index in [4.69, 9.17) is 4.74 Å². The molecule has 0 fully saturated rings. The maximum Gasteiger partial charge on any atom is 0.420 e. The number of carbonyl (C=O) groups excluding carboxylic acids is 1. The number of ether oxygens (including phenoxy) is 1. The quantitative estimate of drug-likeness (QED) is 0.813. The predicted octanol–water partition coefficient (Wildman–Crippen LogP) is 4.43. The third kappa shape index (κ3) is 2.55. The summed E-state index contributed by atoms with van der Waals surface area (Å²) in [6.07, 6.45) is -0.378. The van der Waals surface area contributed by atoms with E-state index < -0.39 is 0 Å². The zero-order chi connectivity index (χ0) is 15.0. The van der Waals surface area contributed by atoms with E-state index in [9.17, 15) is 4.79 Å². The van der Waals surface area contributed by atoms with Gasteiger partial charge in [-0.1, -0.05) is 48.0 Å². The summed E-state index contributed by atoms with van der Waals surface area (Å²) >= 11 is 0. The van der Waals surface area contributed by atoms with Crippen LogP contribution in [0.3, 0.4) is 0 Å². The minimum Gasteiger partial charge on any atom is -0.410 e. The van der Waals surface area contributed by atoms with Gasteiger partial charge in [-0.05, 0) is 31.5 Å². The first-order valence-corrected chi connectivity index (χ1v) is 6.89. The maximum atomic E-state index is 12.2. The topological polar surface area (TPSA) is 29.5 Å². The minimum absolute atomic E-state index is 0.378. The van der Waals surface area contributed by atoms with Crippen LogP contribution in [0.1, 0.15) is 22.3 Å². The molecule has 3 heteroatoms. The Kier molecular flexibility index (Phi) is 3.26. The van der Waals surface area contributed by atoms with E-state index in [2.05, 4.69) is 6.58 Å². The molecule has 0 saturated heterocycles. The lowest BCUT2D eigenvalue weighted by atomic mass is 10.0. The van der Waals surface area contributed by atoms with E-state index in [0.717, 1.165) is 22.4 Å². The number of anilines is 1. The first-order valence-electron chi connectivity index (χ1n) is 6.89. The van der Waals surface area contributed by atoms with Gasteiger partial charge < -0.3 is 4.74 Å². The van der Waals surface area contributed by atoms with E-state index in [1.807, 2.05) is 56.3 Å². The highest BCUT2D eigenvalue weighted by atomic mass is 16.6. The normalized spacial score (nSPS) is 13.9. The molecule has 0 radical (unpaired) electrons. The third-order valence-electron chi connectivity index (χ3n) is 3.64. The molecule has 2 aromatic carbocycles. The molecule has 106 valence electrons. The monoisotopic (exact) mass is 279 g/mol. The van der Waals surface area contributed by atoms with Crippen LogP contribution in [0.5, 0.6) is 0 Å². The van der Waals surface area contributed by atoms with Gasteiger partial charge in [0, 0.05) is 5.56 Å². The van der Waals surface area contributed by atoms with Crippen molar-refractivity contribution in [2.45, 2.75) is 20.4 Å². The van der Waals surface area contributed by atoms with E-state index >= 15 is 0 Å². The summed E-state index contributed by atoms with van der Waals surface area (Å²) in [7, 11) is 0. The van der Waals surface area contributed by atoms with Crippen LogP contribution < -0.4 is 4.90 Å². The molecule has 0 N–H and O–H groups in total. The second-order valence-electron chi connectivity index (χ2n) is 5.38. The molecule has 1 heterocycles. The number of rotatable bonds is 2. The first kappa shape index (κ1) is 13.4. The number of benzene rings is 2. The second-order valence-corrected chi connectivity index (χ2v) is 5.38. The van der Waals surface area contributed by atoms with Gasteiger partial charge >= 0.3 is 6.09 Å². The SMILES string of the molecule is C=C1OC(=O)N(Cc2ccc(C)cc2)c2ccc(C)cc21. The van der Waals surface area contributed by atoms with Crippen LogP contribution >= 0.6 is 0 Å². The predicted molar refractivity (Wildman–Crippen MR) is 84.1 cm³/mol. The lowest BCUT2D eigenvalue weighted by molar-refractivity contribution is 0.197. The fourth-order valence-corrected chi connectivity index (χ4v) is 2.45. The number of fused-ring (bicyclic) bond motifs is 1. The highest BCUT2D eigenvalue weighted by Gasteiger charge is 2.28. The Morgan fingerprint density at radius 1 is 1.05 bits per heavy atom. The Balaban J connectivity index is 1.98. The molecule has 3 nitrogen and oxygen atoms in total. The number of carbonyl (C=O) groups is 1. The van der Waals surface area contributed by atoms with Gasteiger partial charge in [-0.15, -0.1) is 0 Å². The van der Waals surface area contributed by atoms with Gasteiger partial charge in [0.25, 0.3) is 0 Å². The average Bonchev–Trinajstić information content (AvgIpc) is 2.46. The summed E-state index contributed by atoms with van der Waals surface area (Å²) in [5.74, 6) is 0.416. The molecule has 0 saturated carbocycles. The Labute approximate surface area is 124 Å². The van der Waals surface area contributed by atoms with E-state index in [0.29, 0.717) is 12.3 Å². The molecule has 0 atom stereocenters. The minimum atomic E-state index is -0.378. The van der Waals surface area contributed by atoms with Crippen molar-refractivity contribution < 1.29 is 9.53 Å². The second kappa shape index (κ2) is 5.09. The molecule has 1 aliphatic heterocycles. The zero-order valence-corrected chi connectivity index (χ0v) is 12.2. The van der Waals surface area contributed by atoms with Crippen LogP contribution in [0.4, 0.5) is 10.5 Å². The summed E-state index contributed by atoms with van der Waals surface area (Å²) in [6, 6.07) is 14.1. The van der Waals surface area contributed by atoms with Crippen molar-refractivity contribution in [3.8, 4) is 0 Å². The number of cyclic esters (lactones) is 1. The van der Waals surface area contributed by atoms with Crippen LogP contribution in [0.15, 0.2) is 49.0 Å². The lowest BCUT2D eigenvalue weighted by Gasteiger charge is -2.30. The fourth-order valence-electron chi connectivity index (χ4n) is 2.45. The highest BCUT2D eigenvalue weighted by molar-refractivity contribution is 5.98. The Bertz CT molecular complexity index is 716. The molecule has 1 amide bonds. The van der Waals surface area contributed by atoms with E-state index in [1.54, 1.807) is 4.90 Å². The van der Waals surface area contributed by atoms with Gasteiger partial charge in [-0.3, -0.25) is 4.90 Å². The van der Waals surface area contributed by atoms with Crippen molar-refractivity contribution in [2.75, 3.05) is 4.90 Å². The van der Waals surface area contributed by atoms with Crippen LogP contribution in [-0.2, 0) is 11.3 Å². The number of hydrogen-bond donors (Lipinski definition) is 0. The largest absolute Gasteiger partial charge is 0.420 e. The Morgan fingerprint density at radius 3 is 2.43 bits per heavy atom. The van der Waals surface area contributed by atoms with Crippen molar-refractivity contribution in [3.63, 3.8) is 0 Å². The average molecular weight is 279 g/mol. The molecule has 0 unspecified atom stereocenters. The van der Waals surface area contributed by atoms with Crippen LogP contribution in [0, 0.1) is 13.8 Å². The maximum absolute atomic E-state index is 12.2. The van der Waals surface area contributed by atoms with Gasteiger partial charge in [0.1, 0.15) is 5.76 Å². The summed E-state index contributed by atoms with van der Waals surface area (Å²) < 4.78 is 5.27. The lowest BCUT2D eigenvalue weighted by Crippen LogP contribution is -2.34. The molecular weight excluding hydrogens is 262 g/mol. The first-order chi connectivity index (χ1) is 10.0. The Hall–Kier alpha value is -2.55. The van der Waals surface area contributed by atoms with Gasteiger partial charge in [0.2, 0.25) is 0 Å². The van der Waals surface area contributed by atoms with Crippen molar-refractivity contribution in [2.24, 2.45) is 0 Å². The molecule has 0 aliphatic carbocycles. The number of nitrogens with zero attached hydrogens (tertiary/aromatic N) is 1. The molecule has 1 aliphatic rings. The number of hydrogen-bond acceptors (Lipinski definition) is 2. The van der Waals surface area contributed by atoms with Crippen molar-refractivity contribution in [1.82, 2.24) is 0 Å². The molecule has 0 spiro atoms. The summed E-state index contributed by atoms with van der Waals surface area (Å²) in [5, 5.41) is 0. The third-order valence-corrected chi connectivity index (χ3v) is 3.64. The molecular formula is C18H17NO2. The van der Waals surface area contributed by atoms with Crippen LogP contribution in [0.25, 0.3) is 5.76 Å². The summed E-state index contributed by atoms with van der Waals surface area (Å²) in [6.45, 7) is 8.37. The van der Waals surface area contributed by atoms with Gasteiger partial charge in [-0.2, -0.15) is 0 Å². The summed E-state index contributed by atoms with van der Waals surface area (Å²) in [4.78, 5) is 13.8. The van der Waals surface area contributed by atoms with Crippen LogP contribution in [0.2, 0.25) is 0 Å². The molecule has 2 aromatic rings. The highest BCUT2D eigenvalue weighted by Crippen LogP contribution is 2.34. The van der Waals surface area contributed by atoms with Gasteiger partial charge in [-0.25, -0.2) is 4.79 Å². The zero-order valence-electron chi connectivity index (χ0n) is 12.2.